The summed E-state index contributed by atoms with van der Waals surface area (Å²) in [6.45, 7) is 0. The van der Waals surface area contributed by atoms with E-state index in [0.717, 1.165) is 28.6 Å². The Bertz CT molecular complexity index is 660. The van der Waals surface area contributed by atoms with Crippen LogP contribution in [0, 0.1) is 0 Å². The smallest absolute Gasteiger partial charge is 0.179 e. The molecule has 2 nitrogen and oxygen atoms in total. The molecule has 0 radical (unpaired) electrons. The molecule has 0 aromatic heterocycles. The molecule has 1 aliphatic heterocycles. The number of ether oxygens (including phenoxy) is 1. The monoisotopic (exact) mass is 298 g/mol. The molecule has 0 spiro atoms. The Morgan fingerprint density at radius 3 is 2.00 bits per heavy atom. The molecule has 1 unspecified atom stereocenters. The van der Waals surface area contributed by atoms with E-state index in [2.05, 4.69) is 0 Å². The summed E-state index contributed by atoms with van der Waals surface area (Å²) in [5, 5.41) is 0. The van der Waals surface area contributed by atoms with Crippen molar-refractivity contribution in [3.63, 3.8) is 0 Å². The Balaban J connectivity index is 0.00000161. The van der Waals surface area contributed by atoms with Crippen LogP contribution in [-0.2, 0) is 9.53 Å². The minimum atomic E-state index is -0.558. The Kier molecular flexibility index (Phi) is 4.96. The maximum Gasteiger partial charge on any atom is 0.179 e. The number of allylic oxidation sites excluding steroid dienone is 2. The second-order valence-corrected chi connectivity index (χ2v) is 4.55. The van der Waals surface area contributed by atoms with Gasteiger partial charge in [-0.25, -0.2) is 0 Å². The molecule has 3 rings (SSSR count). The summed E-state index contributed by atoms with van der Waals surface area (Å²) >= 11 is 0. The van der Waals surface area contributed by atoms with Gasteiger partial charge in [0.1, 0.15) is 0 Å². The first-order valence-electron chi connectivity index (χ1n) is 6.52. The minimum Gasteiger partial charge on any atom is -0.486 e. The molecule has 1 heterocycles. The second kappa shape index (κ2) is 6.91. The number of halogens is 1. The van der Waals surface area contributed by atoms with E-state index in [1.807, 2.05) is 66.7 Å². The highest BCUT2D eigenvalue weighted by Crippen LogP contribution is 2.33. The van der Waals surface area contributed by atoms with E-state index in [1.165, 1.54) is 0 Å². The molecule has 1 atom stereocenters. The number of rotatable bonds is 3. The third kappa shape index (κ3) is 3.06. The van der Waals surface area contributed by atoms with E-state index in [1.54, 1.807) is 6.26 Å². The molecule has 0 aliphatic carbocycles. The fourth-order valence-electron chi connectivity index (χ4n) is 2.41. The van der Waals surface area contributed by atoms with Crippen LogP contribution in [0.4, 0.5) is 0 Å². The summed E-state index contributed by atoms with van der Waals surface area (Å²) in [5.41, 5.74) is 4.03. The average Bonchev–Trinajstić information content (AvgIpc) is 2.55. The maximum atomic E-state index is 11.3. The standard InChI is InChI=1S/C18H14O2.ClH/c19-13-17-18(15-9-5-2-6-10-15)16(11-12-20-17)14-7-3-1-4-8-14;/h1-13,17H;1H. The van der Waals surface area contributed by atoms with E-state index in [0.29, 0.717) is 0 Å². The lowest BCUT2D eigenvalue weighted by Crippen LogP contribution is -2.18. The van der Waals surface area contributed by atoms with Crippen molar-refractivity contribution in [2.45, 2.75) is 6.10 Å². The molecule has 1 aliphatic rings. The van der Waals surface area contributed by atoms with Crippen molar-refractivity contribution in [1.29, 1.82) is 0 Å². The zero-order valence-corrected chi connectivity index (χ0v) is 12.1. The van der Waals surface area contributed by atoms with Crippen LogP contribution in [-0.4, -0.2) is 12.4 Å². The van der Waals surface area contributed by atoms with Gasteiger partial charge < -0.3 is 4.74 Å². The number of carbonyl (C=O) groups excluding carboxylic acids is 1. The van der Waals surface area contributed by atoms with Gasteiger partial charge in [-0.2, -0.15) is 0 Å². The quantitative estimate of drug-likeness (QED) is 0.796. The van der Waals surface area contributed by atoms with Crippen LogP contribution in [0.5, 0.6) is 0 Å². The van der Waals surface area contributed by atoms with Gasteiger partial charge in [-0.15, -0.1) is 12.4 Å². The second-order valence-electron chi connectivity index (χ2n) is 4.55. The predicted molar refractivity (Wildman–Crippen MR) is 87.0 cm³/mol. The molecule has 3 heteroatoms. The molecule has 2 aromatic carbocycles. The van der Waals surface area contributed by atoms with Gasteiger partial charge in [-0.1, -0.05) is 60.7 Å². The van der Waals surface area contributed by atoms with E-state index in [-0.39, 0.29) is 12.4 Å². The molecule has 0 fully saturated rings. The lowest BCUT2D eigenvalue weighted by atomic mass is 9.90. The van der Waals surface area contributed by atoms with Crippen LogP contribution in [0.2, 0.25) is 0 Å². The summed E-state index contributed by atoms with van der Waals surface area (Å²) in [6.07, 6.45) is 3.79. The van der Waals surface area contributed by atoms with Gasteiger partial charge in [0.15, 0.2) is 12.4 Å². The Labute approximate surface area is 130 Å². The summed E-state index contributed by atoms with van der Waals surface area (Å²) in [7, 11) is 0. The fraction of sp³-hybridized carbons (Fsp3) is 0.0556. The van der Waals surface area contributed by atoms with Crippen LogP contribution in [0.1, 0.15) is 11.1 Å². The van der Waals surface area contributed by atoms with Crippen LogP contribution < -0.4 is 0 Å². The molecule has 106 valence electrons. The molecular weight excluding hydrogens is 284 g/mol. The lowest BCUT2D eigenvalue weighted by Gasteiger charge is -2.22. The van der Waals surface area contributed by atoms with E-state index in [4.69, 9.17) is 4.74 Å². The summed E-state index contributed by atoms with van der Waals surface area (Å²) in [5.74, 6) is 0. The third-order valence-corrected chi connectivity index (χ3v) is 3.33. The Morgan fingerprint density at radius 1 is 0.857 bits per heavy atom. The first kappa shape index (κ1) is 15.1. The van der Waals surface area contributed by atoms with Crippen molar-refractivity contribution >= 4 is 29.8 Å². The van der Waals surface area contributed by atoms with Crippen molar-refractivity contribution in [3.05, 3.63) is 84.1 Å². The van der Waals surface area contributed by atoms with Crippen LogP contribution in [0.25, 0.3) is 11.1 Å². The Hall–Kier alpha value is -2.32. The van der Waals surface area contributed by atoms with Gasteiger partial charge in [0, 0.05) is 5.57 Å². The van der Waals surface area contributed by atoms with E-state index >= 15 is 0 Å². The zero-order valence-electron chi connectivity index (χ0n) is 11.3. The van der Waals surface area contributed by atoms with Gasteiger partial charge in [0.05, 0.1) is 6.26 Å². The highest BCUT2D eigenvalue weighted by molar-refractivity contribution is 6.02. The van der Waals surface area contributed by atoms with Crippen LogP contribution >= 0.6 is 12.4 Å². The highest BCUT2D eigenvalue weighted by Gasteiger charge is 2.23. The average molecular weight is 299 g/mol. The lowest BCUT2D eigenvalue weighted by molar-refractivity contribution is -0.112. The van der Waals surface area contributed by atoms with Crippen LogP contribution in [0.15, 0.2) is 73.0 Å². The number of carbonyl (C=O) groups is 1. The van der Waals surface area contributed by atoms with Gasteiger partial charge >= 0.3 is 0 Å². The largest absolute Gasteiger partial charge is 0.486 e. The zero-order chi connectivity index (χ0) is 13.8. The number of hydrogen-bond acceptors (Lipinski definition) is 2. The third-order valence-electron chi connectivity index (χ3n) is 3.33. The van der Waals surface area contributed by atoms with Gasteiger partial charge in [0.25, 0.3) is 0 Å². The van der Waals surface area contributed by atoms with Gasteiger partial charge in [-0.3, -0.25) is 4.79 Å². The van der Waals surface area contributed by atoms with Crippen LogP contribution in [0.3, 0.4) is 0 Å². The number of hydrogen-bond donors (Lipinski definition) is 0. The topological polar surface area (TPSA) is 26.3 Å². The Morgan fingerprint density at radius 2 is 1.43 bits per heavy atom. The molecule has 2 aromatic rings. The molecule has 0 saturated heterocycles. The summed E-state index contributed by atoms with van der Waals surface area (Å²) in [4.78, 5) is 11.3. The predicted octanol–water partition coefficient (Wildman–Crippen LogP) is 4.13. The van der Waals surface area contributed by atoms with Gasteiger partial charge in [-0.05, 0) is 22.8 Å². The maximum absolute atomic E-state index is 11.3. The van der Waals surface area contributed by atoms with Crippen molar-refractivity contribution in [2.75, 3.05) is 0 Å². The summed E-state index contributed by atoms with van der Waals surface area (Å²) < 4.78 is 5.44. The van der Waals surface area contributed by atoms with Crippen molar-refractivity contribution in [3.8, 4) is 0 Å². The van der Waals surface area contributed by atoms with Gasteiger partial charge in [0.2, 0.25) is 0 Å². The summed E-state index contributed by atoms with van der Waals surface area (Å²) in [6, 6.07) is 19.9. The first-order chi connectivity index (χ1) is 9.90. The van der Waals surface area contributed by atoms with Crippen molar-refractivity contribution in [1.82, 2.24) is 0 Å². The van der Waals surface area contributed by atoms with Crippen molar-refractivity contribution in [2.24, 2.45) is 0 Å². The molecular formula is C18H15ClO2. The van der Waals surface area contributed by atoms with E-state index < -0.39 is 6.10 Å². The normalized spacial score (nSPS) is 16.9. The first-order valence-corrected chi connectivity index (χ1v) is 6.52. The minimum absolute atomic E-state index is 0. The van der Waals surface area contributed by atoms with Crippen molar-refractivity contribution < 1.29 is 9.53 Å². The SMILES string of the molecule is Cl.O=CC1OC=CC(c2ccccc2)=C1c1ccccc1. The molecule has 21 heavy (non-hydrogen) atoms. The molecule has 0 bridgehead atoms. The molecule has 0 N–H and O–H groups in total. The molecule has 0 amide bonds. The fourth-order valence-corrected chi connectivity index (χ4v) is 2.41. The van der Waals surface area contributed by atoms with E-state index in [9.17, 15) is 4.79 Å². The number of benzene rings is 2. The highest BCUT2D eigenvalue weighted by atomic mass is 35.5. The number of aldehydes is 1. The molecule has 0 saturated carbocycles.